The molecule has 0 atom stereocenters. The van der Waals surface area contributed by atoms with Gasteiger partial charge in [-0.3, -0.25) is 4.98 Å². The Morgan fingerprint density at radius 2 is 1.74 bits per heavy atom. The number of aromatic amines is 1. The zero-order valence-corrected chi connectivity index (χ0v) is 21.0. The van der Waals surface area contributed by atoms with Gasteiger partial charge in [-0.05, 0) is 83.0 Å². The summed E-state index contributed by atoms with van der Waals surface area (Å²) >= 11 is 0. The summed E-state index contributed by atoms with van der Waals surface area (Å²) in [6.45, 7) is 9.08. The Hall–Kier alpha value is -3.61. The lowest BCUT2D eigenvalue weighted by Gasteiger charge is -2.33. The molecule has 0 spiro atoms. The molecule has 7 nitrogen and oxygen atoms in total. The van der Waals surface area contributed by atoms with Crippen LogP contribution in [0.5, 0.6) is 5.75 Å². The van der Waals surface area contributed by atoms with Crippen molar-refractivity contribution in [3.05, 3.63) is 53.9 Å². The normalized spacial score (nSPS) is 15.1. The van der Waals surface area contributed by atoms with Crippen molar-refractivity contribution < 1.29 is 14.3 Å². The molecule has 4 aromatic rings. The smallest absolute Gasteiger partial charge is 0.410 e. The number of H-pyrrole nitrogens is 1. The van der Waals surface area contributed by atoms with Crippen LogP contribution >= 0.6 is 0 Å². The standard InChI is InChI=1S/C28H32N4O3/c1-17-16-20-23(29-17)7-6-19(26(20)34-5)22-9-11-24-25(31-22)10-8-21(30-24)18-12-14-32(15-13-18)27(33)35-28(2,3)4/h6-11,16,18,29H,12-15H2,1-5H3. The van der Waals surface area contributed by atoms with Crippen LogP contribution in [-0.4, -0.2) is 51.7 Å². The second-order valence-corrected chi connectivity index (χ2v) is 10.3. The third kappa shape index (κ3) is 4.67. The summed E-state index contributed by atoms with van der Waals surface area (Å²) in [4.78, 5) is 27.4. The number of methoxy groups -OCH3 is 1. The van der Waals surface area contributed by atoms with Crippen molar-refractivity contribution in [2.45, 2.75) is 52.1 Å². The molecule has 182 valence electrons. The number of hydrogen-bond acceptors (Lipinski definition) is 5. The number of aryl methyl sites for hydroxylation is 1. The van der Waals surface area contributed by atoms with E-state index in [1.165, 1.54) is 0 Å². The third-order valence-corrected chi connectivity index (χ3v) is 6.50. The van der Waals surface area contributed by atoms with Gasteiger partial charge in [-0.25, -0.2) is 9.78 Å². The first-order valence-corrected chi connectivity index (χ1v) is 12.1. The van der Waals surface area contributed by atoms with Gasteiger partial charge in [0.25, 0.3) is 0 Å². The van der Waals surface area contributed by atoms with Gasteiger partial charge in [-0.1, -0.05) is 0 Å². The molecule has 3 aromatic heterocycles. The zero-order chi connectivity index (χ0) is 24.7. The molecular weight excluding hydrogens is 440 g/mol. The predicted octanol–water partition coefficient (Wildman–Crippen LogP) is 6.21. The highest BCUT2D eigenvalue weighted by Gasteiger charge is 2.28. The summed E-state index contributed by atoms with van der Waals surface area (Å²) in [5.74, 6) is 1.14. The van der Waals surface area contributed by atoms with Crippen molar-refractivity contribution in [3.8, 4) is 17.0 Å². The summed E-state index contributed by atoms with van der Waals surface area (Å²) < 4.78 is 11.3. The summed E-state index contributed by atoms with van der Waals surface area (Å²) in [6.07, 6.45) is 1.51. The quantitative estimate of drug-likeness (QED) is 0.383. The Kier molecular flexibility index (Phi) is 5.87. The van der Waals surface area contributed by atoms with Crippen LogP contribution in [0.3, 0.4) is 0 Å². The fraction of sp³-hybridized carbons (Fsp3) is 0.393. The molecule has 1 aliphatic heterocycles. The topological polar surface area (TPSA) is 80.3 Å². The van der Waals surface area contributed by atoms with Gasteiger partial charge in [0.05, 0.1) is 23.8 Å². The number of nitrogens with zero attached hydrogens (tertiary/aromatic N) is 3. The SMILES string of the molecule is COc1c(-c2ccc3nc(C4CCN(C(=O)OC(C)(C)C)CC4)ccc3n2)ccc2[nH]c(C)cc12. The Morgan fingerprint density at radius 1 is 1.03 bits per heavy atom. The van der Waals surface area contributed by atoms with E-state index >= 15 is 0 Å². The molecule has 1 aliphatic rings. The number of piperidine rings is 1. The van der Waals surface area contributed by atoms with Crippen molar-refractivity contribution >= 4 is 28.0 Å². The first-order chi connectivity index (χ1) is 16.7. The van der Waals surface area contributed by atoms with Gasteiger partial charge in [-0.2, -0.15) is 0 Å². The van der Waals surface area contributed by atoms with Crippen molar-refractivity contribution in [2.75, 3.05) is 20.2 Å². The number of amides is 1. The molecule has 0 unspecified atom stereocenters. The number of benzene rings is 1. The fourth-order valence-electron chi connectivity index (χ4n) is 4.83. The minimum Gasteiger partial charge on any atom is -0.495 e. The van der Waals surface area contributed by atoms with Gasteiger partial charge >= 0.3 is 6.09 Å². The fourth-order valence-corrected chi connectivity index (χ4v) is 4.83. The highest BCUT2D eigenvalue weighted by molar-refractivity contribution is 5.94. The number of pyridine rings is 2. The van der Waals surface area contributed by atoms with Crippen LogP contribution in [0, 0.1) is 6.92 Å². The zero-order valence-electron chi connectivity index (χ0n) is 21.0. The van der Waals surface area contributed by atoms with Crippen molar-refractivity contribution in [3.63, 3.8) is 0 Å². The molecule has 0 aliphatic carbocycles. The molecule has 7 heteroatoms. The van der Waals surface area contributed by atoms with Gasteiger partial charge < -0.3 is 19.4 Å². The minimum atomic E-state index is -0.476. The molecule has 1 aromatic carbocycles. The average molecular weight is 473 g/mol. The van der Waals surface area contributed by atoms with Crippen LogP contribution in [0.2, 0.25) is 0 Å². The van der Waals surface area contributed by atoms with Crippen LogP contribution in [0.25, 0.3) is 33.2 Å². The van der Waals surface area contributed by atoms with Crippen LogP contribution in [-0.2, 0) is 4.74 Å². The van der Waals surface area contributed by atoms with E-state index in [9.17, 15) is 4.79 Å². The molecule has 0 saturated carbocycles. The van der Waals surface area contributed by atoms with E-state index in [-0.39, 0.29) is 6.09 Å². The molecule has 1 fully saturated rings. The van der Waals surface area contributed by atoms with Crippen molar-refractivity contribution in [1.29, 1.82) is 0 Å². The summed E-state index contributed by atoms with van der Waals surface area (Å²) in [6, 6.07) is 14.4. The molecule has 4 heterocycles. The van der Waals surface area contributed by atoms with Gasteiger partial charge in [0.15, 0.2) is 0 Å². The van der Waals surface area contributed by atoms with E-state index < -0.39 is 5.60 Å². The Morgan fingerprint density at radius 3 is 2.46 bits per heavy atom. The van der Waals surface area contributed by atoms with E-state index in [1.54, 1.807) is 12.0 Å². The molecule has 1 amide bonds. The monoisotopic (exact) mass is 472 g/mol. The summed E-state index contributed by atoms with van der Waals surface area (Å²) in [7, 11) is 1.70. The molecule has 1 N–H and O–H groups in total. The maximum Gasteiger partial charge on any atom is 0.410 e. The number of carbonyl (C=O) groups is 1. The number of likely N-dealkylation sites (tertiary alicyclic amines) is 1. The number of fused-ring (bicyclic) bond motifs is 2. The largest absolute Gasteiger partial charge is 0.495 e. The highest BCUT2D eigenvalue weighted by atomic mass is 16.6. The van der Waals surface area contributed by atoms with Gasteiger partial charge in [0.1, 0.15) is 11.4 Å². The lowest BCUT2D eigenvalue weighted by atomic mass is 9.93. The second-order valence-electron chi connectivity index (χ2n) is 10.3. The van der Waals surface area contributed by atoms with E-state index in [0.717, 1.165) is 63.2 Å². The number of aromatic nitrogens is 3. The number of nitrogens with one attached hydrogen (secondary N) is 1. The summed E-state index contributed by atoms with van der Waals surface area (Å²) in [5, 5.41) is 1.05. The summed E-state index contributed by atoms with van der Waals surface area (Å²) in [5.41, 5.74) is 6.26. The van der Waals surface area contributed by atoms with E-state index in [1.807, 2.05) is 52.0 Å². The second kappa shape index (κ2) is 8.87. The maximum atomic E-state index is 12.4. The van der Waals surface area contributed by atoms with Gasteiger partial charge in [-0.15, -0.1) is 0 Å². The predicted molar refractivity (Wildman–Crippen MR) is 138 cm³/mol. The van der Waals surface area contributed by atoms with E-state index in [4.69, 9.17) is 19.4 Å². The Bertz CT molecular complexity index is 1390. The molecule has 35 heavy (non-hydrogen) atoms. The Labute approximate surface area is 205 Å². The van der Waals surface area contributed by atoms with Crippen LogP contribution in [0.4, 0.5) is 4.79 Å². The van der Waals surface area contributed by atoms with Crippen LogP contribution < -0.4 is 4.74 Å². The van der Waals surface area contributed by atoms with Crippen molar-refractivity contribution in [2.24, 2.45) is 0 Å². The minimum absolute atomic E-state index is 0.234. The highest BCUT2D eigenvalue weighted by Crippen LogP contribution is 2.37. The van der Waals surface area contributed by atoms with Gasteiger partial charge in [0.2, 0.25) is 0 Å². The molecule has 1 saturated heterocycles. The van der Waals surface area contributed by atoms with E-state index in [0.29, 0.717) is 19.0 Å². The van der Waals surface area contributed by atoms with Crippen LogP contribution in [0.15, 0.2) is 42.5 Å². The van der Waals surface area contributed by atoms with E-state index in [2.05, 4.69) is 23.2 Å². The number of ether oxygens (including phenoxy) is 2. The first-order valence-electron chi connectivity index (χ1n) is 12.1. The van der Waals surface area contributed by atoms with Crippen molar-refractivity contribution in [1.82, 2.24) is 19.9 Å². The van der Waals surface area contributed by atoms with Gasteiger partial charge in [0, 0.05) is 46.9 Å². The average Bonchev–Trinajstić information content (AvgIpc) is 3.22. The lowest BCUT2D eigenvalue weighted by molar-refractivity contribution is 0.0204. The van der Waals surface area contributed by atoms with Crippen LogP contribution in [0.1, 0.15) is 50.9 Å². The molecule has 0 radical (unpaired) electrons. The lowest BCUT2D eigenvalue weighted by Crippen LogP contribution is -2.41. The molecule has 5 rings (SSSR count). The number of hydrogen-bond donors (Lipinski definition) is 1. The first kappa shape index (κ1) is 23.1. The number of carbonyl (C=O) groups excluding carboxylic acids is 1. The maximum absolute atomic E-state index is 12.4. The molecule has 0 bridgehead atoms. The molecular formula is C28H32N4O3. The Balaban J connectivity index is 1.36. The third-order valence-electron chi connectivity index (χ3n) is 6.50. The number of rotatable bonds is 3.